The second-order valence-corrected chi connectivity index (χ2v) is 3.98. The molecule has 12 heavy (non-hydrogen) atoms. The quantitative estimate of drug-likeness (QED) is 0.694. The van der Waals surface area contributed by atoms with Crippen LogP contribution in [-0.4, -0.2) is 12.1 Å². The molecule has 1 saturated carbocycles. The first-order valence-corrected chi connectivity index (χ1v) is 4.86. The Kier molecular flexibility index (Phi) is 3.11. The van der Waals surface area contributed by atoms with Crippen molar-refractivity contribution in [3.8, 4) is 6.07 Å². The average Bonchev–Trinajstić information content (AvgIpc) is 1.98. The summed E-state index contributed by atoms with van der Waals surface area (Å²) in [6, 6.07) is 2.37. The van der Waals surface area contributed by atoms with Gasteiger partial charge >= 0.3 is 0 Å². The fourth-order valence-corrected chi connectivity index (χ4v) is 1.82. The molecule has 0 heterocycles. The maximum atomic E-state index is 8.97. The van der Waals surface area contributed by atoms with Crippen molar-refractivity contribution in [1.82, 2.24) is 5.32 Å². The molecule has 2 nitrogen and oxygen atoms in total. The SMILES string of the molecule is CCNC(C)(C#N)CC1CCC1. The summed E-state index contributed by atoms with van der Waals surface area (Å²) in [7, 11) is 0. The molecule has 1 unspecified atom stereocenters. The smallest absolute Gasteiger partial charge is 0.104 e. The molecular formula is C10H18N2. The van der Waals surface area contributed by atoms with E-state index in [9.17, 15) is 0 Å². The lowest BCUT2D eigenvalue weighted by Gasteiger charge is -2.32. The molecule has 1 rings (SSSR count). The van der Waals surface area contributed by atoms with Crippen LogP contribution in [0.25, 0.3) is 0 Å². The third-order valence-electron chi connectivity index (χ3n) is 2.74. The van der Waals surface area contributed by atoms with Crippen molar-refractivity contribution in [2.75, 3.05) is 6.54 Å². The Balaban J connectivity index is 2.37. The lowest BCUT2D eigenvalue weighted by Crippen LogP contribution is -2.43. The minimum atomic E-state index is -0.278. The van der Waals surface area contributed by atoms with Crippen molar-refractivity contribution < 1.29 is 0 Å². The van der Waals surface area contributed by atoms with Gasteiger partial charge in [-0.3, -0.25) is 5.32 Å². The maximum Gasteiger partial charge on any atom is 0.104 e. The first kappa shape index (κ1) is 9.54. The summed E-state index contributed by atoms with van der Waals surface area (Å²) in [5.74, 6) is 0.800. The van der Waals surface area contributed by atoms with Crippen molar-refractivity contribution >= 4 is 0 Å². The molecule has 0 aromatic carbocycles. The lowest BCUT2D eigenvalue weighted by atomic mass is 9.77. The van der Waals surface area contributed by atoms with Crippen LogP contribution in [-0.2, 0) is 0 Å². The summed E-state index contributed by atoms with van der Waals surface area (Å²) in [6.07, 6.45) is 5.03. The summed E-state index contributed by atoms with van der Waals surface area (Å²) in [6.45, 7) is 4.95. The minimum Gasteiger partial charge on any atom is -0.300 e. The number of nitriles is 1. The molecule has 0 bridgehead atoms. The zero-order valence-corrected chi connectivity index (χ0v) is 8.06. The Bertz CT molecular complexity index is 179. The third-order valence-corrected chi connectivity index (χ3v) is 2.74. The first-order valence-electron chi connectivity index (χ1n) is 4.86. The molecule has 2 heteroatoms. The van der Waals surface area contributed by atoms with E-state index < -0.39 is 0 Å². The molecule has 0 amide bonds. The van der Waals surface area contributed by atoms with E-state index in [1.165, 1.54) is 19.3 Å². The third kappa shape index (κ3) is 2.22. The van der Waals surface area contributed by atoms with E-state index in [1.54, 1.807) is 0 Å². The molecule has 0 aliphatic heterocycles. The molecular weight excluding hydrogens is 148 g/mol. The van der Waals surface area contributed by atoms with Crippen LogP contribution in [0.4, 0.5) is 0 Å². The van der Waals surface area contributed by atoms with Crippen molar-refractivity contribution in [1.29, 1.82) is 5.26 Å². The Morgan fingerprint density at radius 3 is 2.58 bits per heavy atom. The van der Waals surface area contributed by atoms with Crippen molar-refractivity contribution in [3.63, 3.8) is 0 Å². The van der Waals surface area contributed by atoms with E-state index in [4.69, 9.17) is 5.26 Å². The number of hydrogen-bond acceptors (Lipinski definition) is 2. The normalized spacial score (nSPS) is 22.4. The highest BCUT2D eigenvalue weighted by molar-refractivity contribution is 5.05. The standard InChI is InChI=1S/C10H18N2/c1-3-12-10(2,8-11)7-9-5-4-6-9/h9,12H,3-7H2,1-2H3. The van der Waals surface area contributed by atoms with E-state index in [1.807, 2.05) is 6.92 Å². The molecule has 0 aromatic rings. The van der Waals surface area contributed by atoms with Crippen LogP contribution in [0.2, 0.25) is 0 Å². The fourth-order valence-electron chi connectivity index (χ4n) is 1.82. The Hall–Kier alpha value is -0.550. The molecule has 1 aliphatic carbocycles. The van der Waals surface area contributed by atoms with E-state index >= 15 is 0 Å². The number of hydrogen-bond donors (Lipinski definition) is 1. The van der Waals surface area contributed by atoms with Crippen LogP contribution in [0.5, 0.6) is 0 Å². The van der Waals surface area contributed by atoms with Crippen molar-refractivity contribution in [3.05, 3.63) is 0 Å². The zero-order chi connectivity index (χ0) is 9.03. The summed E-state index contributed by atoms with van der Waals surface area (Å²) in [5, 5.41) is 12.2. The van der Waals surface area contributed by atoms with Gasteiger partial charge < -0.3 is 0 Å². The maximum absolute atomic E-state index is 8.97. The van der Waals surface area contributed by atoms with Crippen LogP contribution in [0, 0.1) is 17.2 Å². The van der Waals surface area contributed by atoms with Crippen molar-refractivity contribution in [2.45, 2.75) is 45.1 Å². The Labute approximate surface area is 75.0 Å². The predicted molar refractivity (Wildman–Crippen MR) is 49.7 cm³/mol. The average molecular weight is 166 g/mol. The van der Waals surface area contributed by atoms with Crippen LogP contribution in [0.15, 0.2) is 0 Å². The summed E-state index contributed by atoms with van der Waals surface area (Å²) < 4.78 is 0. The molecule has 0 saturated heterocycles. The lowest BCUT2D eigenvalue weighted by molar-refractivity contribution is 0.239. The van der Waals surface area contributed by atoms with Gasteiger partial charge in [-0.1, -0.05) is 26.2 Å². The topological polar surface area (TPSA) is 35.8 Å². The number of nitrogens with zero attached hydrogens (tertiary/aromatic N) is 1. The van der Waals surface area contributed by atoms with Gasteiger partial charge in [0.1, 0.15) is 5.54 Å². The van der Waals surface area contributed by atoms with Gasteiger partial charge in [-0.25, -0.2) is 0 Å². The largest absolute Gasteiger partial charge is 0.300 e. The molecule has 68 valence electrons. The van der Waals surface area contributed by atoms with Crippen LogP contribution < -0.4 is 5.32 Å². The summed E-state index contributed by atoms with van der Waals surface area (Å²) >= 11 is 0. The van der Waals surface area contributed by atoms with E-state index in [2.05, 4.69) is 18.3 Å². The predicted octanol–water partition coefficient (Wildman–Crippen LogP) is 2.07. The van der Waals surface area contributed by atoms with Gasteiger partial charge in [0.2, 0.25) is 0 Å². The van der Waals surface area contributed by atoms with Gasteiger partial charge in [0.15, 0.2) is 0 Å². The zero-order valence-electron chi connectivity index (χ0n) is 8.06. The second-order valence-electron chi connectivity index (χ2n) is 3.98. The van der Waals surface area contributed by atoms with Gasteiger partial charge in [0, 0.05) is 0 Å². The Morgan fingerprint density at radius 1 is 1.58 bits per heavy atom. The highest BCUT2D eigenvalue weighted by atomic mass is 15.0. The first-order chi connectivity index (χ1) is 5.70. The van der Waals surface area contributed by atoms with Crippen LogP contribution >= 0.6 is 0 Å². The van der Waals surface area contributed by atoms with Gasteiger partial charge in [0.05, 0.1) is 6.07 Å². The molecule has 0 aromatic heterocycles. The summed E-state index contributed by atoms with van der Waals surface area (Å²) in [5.41, 5.74) is -0.278. The minimum absolute atomic E-state index is 0.278. The second kappa shape index (κ2) is 3.91. The van der Waals surface area contributed by atoms with E-state index in [0.717, 1.165) is 18.9 Å². The van der Waals surface area contributed by atoms with E-state index in [0.29, 0.717) is 0 Å². The van der Waals surface area contributed by atoms with Gasteiger partial charge in [-0.05, 0) is 25.8 Å². The van der Waals surface area contributed by atoms with Crippen LogP contribution in [0.1, 0.15) is 39.5 Å². The highest BCUT2D eigenvalue weighted by Crippen LogP contribution is 2.33. The number of rotatable bonds is 4. The summed E-state index contributed by atoms with van der Waals surface area (Å²) in [4.78, 5) is 0. The highest BCUT2D eigenvalue weighted by Gasteiger charge is 2.29. The monoisotopic (exact) mass is 166 g/mol. The Morgan fingerprint density at radius 2 is 2.25 bits per heavy atom. The molecule has 1 N–H and O–H groups in total. The molecule has 1 atom stereocenters. The van der Waals surface area contributed by atoms with Gasteiger partial charge in [0.25, 0.3) is 0 Å². The van der Waals surface area contributed by atoms with Gasteiger partial charge in [-0.2, -0.15) is 5.26 Å². The fraction of sp³-hybridized carbons (Fsp3) is 0.900. The molecule has 0 spiro atoms. The molecule has 1 fully saturated rings. The molecule has 0 radical (unpaired) electrons. The van der Waals surface area contributed by atoms with Crippen molar-refractivity contribution in [2.24, 2.45) is 5.92 Å². The molecule has 1 aliphatic rings. The van der Waals surface area contributed by atoms with Crippen LogP contribution in [0.3, 0.4) is 0 Å². The van der Waals surface area contributed by atoms with E-state index in [-0.39, 0.29) is 5.54 Å². The number of nitrogens with one attached hydrogen (secondary N) is 1. The van der Waals surface area contributed by atoms with Gasteiger partial charge in [-0.15, -0.1) is 0 Å².